The quantitative estimate of drug-likeness (QED) is 0.879. The molecular weight excluding hydrogens is 298 g/mol. The van der Waals surface area contributed by atoms with Crippen LogP contribution in [0.5, 0.6) is 0 Å². The van der Waals surface area contributed by atoms with E-state index in [9.17, 15) is 0 Å². The number of hydrogen-bond acceptors (Lipinski definition) is 7. The van der Waals surface area contributed by atoms with Gasteiger partial charge in [0.1, 0.15) is 5.82 Å². The van der Waals surface area contributed by atoms with E-state index in [2.05, 4.69) is 27.2 Å². The van der Waals surface area contributed by atoms with E-state index in [1.54, 1.807) is 11.3 Å². The third kappa shape index (κ3) is 3.53. The number of nitrogens with zero attached hydrogens (tertiary/aromatic N) is 3. The standard InChI is InChI=1S/C15H21N5OS/c1-9-10(2)22-14(18-9)3-5-17-13-7-12(19-15(16)20-13)11-4-6-21-8-11/h7,11H,3-6,8H2,1-2H3,(H3,16,17,19,20)/t11-/m1/s1. The Balaban J connectivity index is 1.62. The van der Waals surface area contributed by atoms with Gasteiger partial charge in [0.25, 0.3) is 0 Å². The van der Waals surface area contributed by atoms with Gasteiger partial charge in [-0.1, -0.05) is 0 Å². The van der Waals surface area contributed by atoms with Crippen molar-refractivity contribution in [3.63, 3.8) is 0 Å². The molecule has 0 radical (unpaired) electrons. The van der Waals surface area contributed by atoms with Crippen LogP contribution in [0.1, 0.15) is 33.6 Å². The van der Waals surface area contributed by atoms with Crippen LogP contribution in [0.2, 0.25) is 0 Å². The fraction of sp³-hybridized carbons (Fsp3) is 0.533. The minimum absolute atomic E-state index is 0.313. The second kappa shape index (κ2) is 6.58. The van der Waals surface area contributed by atoms with Crippen molar-refractivity contribution in [3.05, 3.63) is 27.3 Å². The summed E-state index contributed by atoms with van der Waals surface area (Å²) < 4.78 is 5.42. The van der Waals surface area contributed by atoms with Crippen LogP contribution in [0.4, 0.5) is 11.8 Å². The molecule has 22 heavy (non-hydrogen) atoms. The Morgan fingerprint density at radius 3 is 2.91 bits per heavy atom. The van der Waals surface area contributed by atoms with Gasteiger partial charge >= 0.3 is 0 Å². The van der Waals surface area contributed by atoms with Gasteiger partial charge in [-0.25, -0.2) is 9.97 Å². The average Bonchev–Trinajstić information content (AvgIpc) is 3.09. The Morgan fingerprint density at radius 2 is 2.23 bits per heavy atom. The lowest BCUT2D eigenvalue weighted by molar-refractivity contribution is 0.193. The minimum atomic E-state index is 0.313. The number of aromatic nitrogens is 3. The molecule has 118 valence electrons. The summed E-state index contributed by atoms with van der Waals surface area (Å²) in [5.74, 6) is 1.42. The van der Waals surface area contributed by atoms with Gasteiger partial charge in [-0.2, -0.15) is 4.98 Å². The minimum Gasteiger partial charge on any atom is -0.381 e. The number of nitrogens with two attached hydrogens (primary N) is 1. The first-order valence-electron chi connectivity index (χ1n) is 7.51. The molecule has 0 bridgehead atoms. The first-order chi connectivity index (χ1) is 10.6. The topological polar surface area (TPSA) is 86.0 Å². The summed E-state index contributed by atoms with van der Waals surface area (Å²) in [7, 11) is 0. The largest absolute Gasteiger partial charge is 0.381 e. The Hall–Kier alpha value is -1.73. The molecule has 1 aliphatic heterocycles. The van der Waals surface area contributed by atoms with E-state index >= 15 is 0 Å². The first kappa shape index (κ1) is 15.2. The molecule has 0 aliphatic carbocycles. The lowest BCUT2D eigenvalue weighted by atomic mass is 10.0. The van der Waals surface area contributed by atoms with E-state index in [1.165, 1.54) is 4.88 Å². The van der Waals surface area contributed by atoms with Crippen LogP contribution >= 0.6 is 11.3 Å². The third-order valence-electron chi connectivity index (χ3n) is 3.83. The Bertz CT molecular complexity index is 632. The van der Waals surface area contributed by atoms with Gasteiger partial charge in [-0.15, -0.1) is 11.3 Å². The van der Waals surface area contributed by atoms with Gasteiger partial charge in [0, 0.05) is 36.4 Å². The molecule has 3 N–H and O–H groups in total. The number of nitrogen functional groups attached to an aromatic ring is 1. The summed E-state index contributed by atoms with van der Waals surface area (Å²) in [6, 6.07) is 1.98. The maximum Gasteiger partial charge on any atom is 0.222 e. The van der Waals surface area contributed by atoms with E-state index in [4.69, 9.17) is 10.5 Å². The third-order valence-corrected chi connectivity index (χ3v) is 4.96. The predicted molar refractivity (Wildman–Crippen MR) is 88.4 cm³/mol. The molecule has 0 amide bonds. The fourth-order valence-electron chi connectivity index (χ4n) is 2.50. The molecule has 1 saturated heterocycles. The SMILES string of the molecule is Cc1nc(CCNc2cc([C@@H]3CCOC3)nc(N)n2)sc1C. The zero-order valence-corrected chi connectivity index (χ0v) is 13.7. The predicted octanol–water partition coefficient (Wildman–Crippen LogP) is 2.29. The van der Waals surface area contributed by atoms with E-state index < -0.39 is 0 Å². The number of rotatable bonds is 5. The van der Waals surface area contributed by atoms with Gasteiger partial charge in [0.2, 0.25) is 5.95 Å². The second-order valence-electron chi connectivity index (χ2n) is 5.52. The van der Waals surface area contributed by atoms with Gasteiger partial charge in [0.15, 0.2) is 0 Å². The number of aryl methyl sites for hydroxylation is 2. The molecule has 0 aromatic carbocycles. The highest BCUT2D eigenvalue weighted by molar-refractivity contribution is 7.11. The Kier molecular flexibility index (Phi) is 4.54. The van der Waals surface area contributed by atoms with Crippen molar-refractivity contribution in [2.24, 2.45) is 0 Å². The van der Waals surface area contributed by atoms with Crippen molar-refractivity contribution in [2.75, 3.05) is 30.8 Å². The highest BCUT2D eigenvalue weighted by Gasteiger charge is 2.20. The van der Waals surface area contributed by atoms with Gasteiger partial charge in [0.05, 0.1) is 23.0 Å². The zero-order chi connectivity index (χ0) is 15.5. The van der Waals surface area contributed by atoms with Crippen molar-refractivity contribution >= 4 is 23.1 Å². The van der Waals surface area contributed by atoms with Crippen LogP contribution in [0.3, 0.4) is 0 Å². The number of anilines is 2. The summed E-state index contributed by atoms with van der Waals surface area (Å²) in [5.41, 5.74) is 7.91. The van der Waals surface area contributed by atoms with E-state index in [0.29, 0.717) is 18.5 Å². The van der Waals surface area contributed by atoms with Crippen molar-refractivity contribution in [2.45, 2.75) is 32.6 Å². The number of ether oxygens (including phenoxy) is 1. The molecule has 0 spiro atoms. The molecule has 1 atom stereocenters. The van der Waals surface area contributed by atoms with Crippen LogP contribution in [0, 0.1) is 13.8 Å². The first-order valence-corrected chi connectivity index (χ1v) is 8.32. The summed E-state index contributed by atoms with van der Waals surface area (Å²) >= 11 is 1.75. The maximum absolute atomic E-state index is 5.82. The molecule has 2 aromatic heterocycles. The molecule has 6 nitrogen and oxygen atoms in total. The maximum atomic E-state index is 5.82. The molecule has 2 aromatic rings. The normalized spacial score (nSPS) is 17.8. The smallest absolute Gasteiger partial charge is 0.222 e. The number of nitrogens with one attached hydrogen (secondary N) is 1. The lowest BCUT2D eigenvalue weighted by Gasteiger charge is -2.11. The van der Waals surface area contributed by atoms with Crippen LogP contribution in [-0.4, -0.2) is 34.7 Å². The zero-order valence-electron chi connectivity index (χ0n) is 12.9. The molecule has 3 rings (SSSR count). The Morgan fingerprint density at radius 1 is 1.36 bits per heavy atom. The second-order valence-corrected chi connectivity index (χ2v) is 6.81. The molecular formula is C15H21N5OS. The van der Waals surface area contributed by atoms with Crippen LogP contribution < -0.4 is 11.1 Å². The van der Waals surface area contributed by atoms with Crippen molar-refractivity contribution < 1.29 is 4.74 Å². The average molecular weight is 319 g/mol. The molecule has 0 unspecified atom stereocenters. The summed E-state index contributed by atoms with van der Waals surface area (Å²) in [5, 5.41) is 4.47. The highest BCUT2D eigenvalue weighted by atomic mass is 32.1. The highest BCUT2D eigenvalue weighted by Crippen LogP contribution is 2.25. The van der Waals surface area contributed by atoms with Crippen molar-refractivity contribution in [1.29, 1.82) is 0 Å². The number of thiazole rings is 1. The molecule has 0 saturated carbocycles. The van der Waals surface area contributed by atoms with E-state index in [1.807, 2.05) is 13.0 Å². The van der Waals surface area contributed by atoms with E-state index in [-0.39, 0.29) is 0 Å². The lowest BCUT2D eigenvalue weighted by Crippen LogP contribution is -2.11. The number of hydrogen-bond donors (Lipinski definition) is 2. The van der Waals surface area contributed by atoms with Gasteiger partial charge in [-0.3, -0.25) is 0 Å². The van der Waals surface area contributed by atoms with Crippen LogP contribution in [0.15, 0.2) is 6.07 Å². The fourth-order valence-corrected chi connectivity index (χ4v) is 3.43. The molecule has 7 heteroatoms. The molecule has 3 heterocycles. The monoisotopic (exact) mass is 319 g/mol. The van der Waals surface area contributed by atoms with Crippen LogP contribution in [0.25, 0.3) is 0 Å². The van der Waals surface area contributed by atoms with Gasteiger partial charge < -0.3 is 15.8 Å². The molecule has 1 aliphatic rings. The molecule has 1 fully saturated rings. The summed E-state index contributed by atoms with van der Waals surface area (Å²) in [4.78, 5) is 14.4. The van der Waals surface area contributed by atoms with Crippen molar-refractivity contribution in [1.82, 2.24) is 15.0 Å². The van der Waals surface area contributed by atoms with Crippen molar-refractivity contribution in [3.8, 4) is 0 Å². The summed E-state index contributed by atoms with van der Waals surface area (Å²) in [6.07, 6.45) is 1.87. The van der Waals surface area contributed by atoms with E-state index in [0.717, 1.165) is 48.2 Å². The summed E-state index contributed by atoms with van der Waals surface area (Å²) in [6.45, 7) is 6.44. The Labute approximate surface area is 134 Å². The van der Waals surface area contributed by atoms with Gasteiger partial charge in [-0.05, 0) is 20.3 Å². The van der Waals surface area contributed by atoms with Crippen LogP contribution in [-0.2, 0) is 11.2 Å².